The summed E-state index contributed by atoms with van der Waals surface area (Å²) < 4.78 is 0. The van der Waals surface area contributed by atoms with E-state index in [-0.39, 0.29) is 0 Å². The molecular weight excluding hydrogens is 284 g/mol. The fraction of sp³-hybridized carbons (Fsp3) is 0.650. The minimum Gasteiger partial charge on any atom is -0.342 e. The van der Waals surface area contributed by atoms with Crippen molar-refractivity contribution in [2.75, 3.05) is 19.6 Å². The second-order valence-corrected chi connectivity index (χ2v) is 7.95. The van der Waals surface area contributed by atoms with Crippen molar-refractivity contribution in [2.45, 2.75) is 38.0 Å². The van der Waals surface area contributed by atoms with Crippen LogP contribution >= 0.6 is 0 Å². The molecule has 0 radical (unpaired) electrons. The number of hydrogen-bond acceptors (Lipinski definition) is 2. The first-order chi connectivity index (χ1) is 11.2. The lowest BCUT2D eigenvalue weighted by Gasteiger charge is -2.24. The molecule has 3 fully saturated rings. The van der Waals surface area contributed by atoms with Gasteiger partial charge in [0.05, 0.1) is 0 Å². The Labute approximate surface area is 139 Å². The van der Waals surface area contributed by atoms with Gasteiger partial charge in [0, 0.05) is 25.4 Å². The summed E-state index contributed by atoms with van der Waals surface area (Å²) in [4.78, 5) is 14.9. The lowest BCUT2D eigenvalue weighted by Crippen LogP contribution is -2.32. The van der Waals surface area contributed by atoms with Crippen molar-refractivity contribution in [3.63, 3.8) is 0 Å². The number of hydrogen-bond donors (Lipinski definition) is 1. The third-order valence-corrected chi connectivity index (χ3v) is 6.65. The lowest BCUT2D eigenvalue weighted by atomic mass is 9.86. The van der Waals surface area contributed by atoms with Crippen molar-refractivity contribution in [1.82, 2.24) is 4.90 Å². The number of fused-ring (bicyclic) bond motifs is 2. The molecule has 5 atom stereocenters. The number of carbonyl (C=O) groups excluding carboxylic acids is 1. The van der Waals surface area contributed by atoms with Crippen molar-refractivity contribution in [1.29, 1.82) is 0 Å². The Morgan fingerprint density at radius 3 is 2.57 bits per heavy atom. The molecule has 2 bridgehead atoms. The molecule has 3 unspecified atom stereocenters. The summed E-state index contributed by atoms with van der Waals surface area (Å²) >= 11 is 0. The maximum Gasteiger partial charge on any atom is 0.222 e. The number of amides is 1. The van der Waals surface area contributed by atoms with Gasteiger partial charge >= 0.3 is 0 Å². The van der Waals surface area contributed by atoms with Crippen molar-refractivity contribution in [3.8, 4) is 0 Å². The highest BCUT2D eigenvalue weighted by Crippen LogP contribution is 2.49. The highest BCUT2D eigenvalue weighted by atomic mass is 16.2. The zero-order chi connectivity index (χ0) is 15.8. The largest absolute Gasteiger partial charge is 0.342 e. The second kappa shape index (κ2) is 6.27. The van der Waals surface area contributed by atoms with E-state index in [9.17, 15) is 4.79 Å². The molecule has 3 heteroatoms. The fourth-order valence-corrected chi connectivity index (χ4v) is 5.37. The molecule has 2 saturated carbocycles. The van der Waals surface area contributed by atoms with E-state index in [2.05, 4.69) is 29.2 Å². The van der Waals surface area contributed by atoms with Gasteiger partial charge in [-0.05, 0) is 55.0 Å². The predicted octanol–water partition coefficient (Wildman–Crippen LogP) is 3.01. The second-order valence-electron chi connectivity index (χ2n) is 7.95. The van der Waals surface area contributed by atoms with Crippen LogP contribution in [0.3, 0.4) is 0 Å². The molecule has 1 amide bonds. The Kier molecular flexibility index (Phi) is 4.14. The molecule has 1 aromatic carbocycles. The van der Waals surface area contributed by atoms with E-state index in [0.29, 0.717) is 30.2 Å². The molecule has 1 aliphatic heterocycles. The maximum atomic E-state index is 12.8. The monoisotopic (exact) mass is 312 g/mol. The summed E-state index contributed by atoms with van der Waals surface area (Å²) in [6, 6.07) is 10.6. The molecule has 1 saturated heterocycles. The molecule has 23 heavy (non-hydrogen) atoms. The first kappa shape index (κ1) is 15.2. The summed E-state index contributed by atoms with van der Waals surface area (Å²) in [5.41, 5.74) is 7.33. The van der Waals surface area contributed by atoms with Crippen molar-refractivity contribution < 1.29 is 4.79 Å². The van der Waals surface area contributed by atoms with E-state index >= 15 is 0 Å². The minimum absolute atomic E-state index is 0.374. The van der Waals surface area contributed by atoms with Gasteiger partial charge in [-0.3, -0.25) is 4.79 Å². The topological polar surface area (TPSA) is 46.3 Å². The normalized spacial score (nSPS) is 35.9. The van der Waals surface area contributed by atoms with E-state index in [1.165, 1.54) is 31.2 Å². The standard InChI is InChI=1S/C20H28N2O/c21-11-18-12-22(13-19(18)15-4-2-1-3-5-15)20(23)10-17-9-14-6-7-16(17)8-14/h1-5,14,16-19H,6-13,21H2/t14?,16?,17?,18-,19+/m1/s1. The minimum atomic E-state index is 0.374. The van der Waals surface area contributed by atoms with Crippen LogP contribution in [0.1, 0.15) is 43.6 Å². The average molecular weight is 312 g/mol. The zero-order valence-corrected chi connectivity index (χ0v) is 13.9. The Hall–Kier alpha value is -1.35. The van der Waals surface area contributed by atoms with Crippen LogP contribution in [0.15, 0.2) is 30.3 Å². The van der Waals surface area contributed by atoms with Crippen LogP contribution in [0, 0.1) is 23.7 Å². The molecule has 2 aliphatic carbocycles. The first-order valence-corrected chi connectivity index (χ1v) is 9.27. The molecule has 3 nitrogen and oxygen atoms in total. The Morgan fingerprint density at radius 2 is 1.91 bits per heavy atom. The van der Waals surface area contributed by atoms with Crippen LogP contribution in [-0.4, -0.2) is 30.4 Å². The maximum absolute atomic E-state index is 12.8. The highest BCUT2D eigenvalue weighted by molar-refractivity contribution is 5.77. The van der Waals surface area contributed by atoms with Crippen LogP contribution in [-0.2, 0) is 4.79 Å². The van der Waals surface area contributed by atoms with Crippen LogP contribution in [0.4, 0.5) is 0 Å². The molecular formula is C20H28N2O. The third kappa shape index (κ3) is 2.91. The quantitative estimate of drug-likeness (QED) is 0.929. The van der Waals surface area contributed by atoms with Crippen LogP contribution < -0.4 is 5.73 Å². The predicted molar refractivity (Wildman–Crippen MR) is 91.9 cm³/mol. The lowest BCUT2D eigenvalue weighted by molar-refractivity contribution is -0.131. The van der Waals surface area contributed by atoms with Crippen molar-refractivity contribution in [2.24, 2.45) is 29.4 Å². The highest BCUT2D eigenvalue weighted by Gasteiger charge is 2.42. The van der Waals surface area contributed by atoms with Crippen LogP contribution in [0.2, 0.25) is 0 Å². The number of nitrogens with zero attached hydrogens (tertiary/aromatic N) is 1. The number of rotatable bonds is 4. The van der Waals surface area contributed by atoms with E-state index < -0.39 is 0 Å². The zero-order valence-electron chi connectivity index (χ0n) is 13.9. The molecule has 124 valence electrons. The van der Waals surface area contributed by atoms with Crippen LogP contribution in [0.25, 0.3) is 0 Å². The molecule has 1 aromatic rings. The Bertz CT molecular complexity index is 558. The number of carbonyl (C=O) groups is 1. The summed E-state index contributed by atoms with van der Waals surface area (Å²) in [7, 11) is 0. The van der Waals surface area contributed by atoms with E-state index in [1.54, 1.807) is 0 Å². The molecule has 0 spiro atoms. The van der Waals surface area contributed by atoms with Gasteiger partial charge in [-0.2, -0.15) is 0 Å². The van der Waals surface area contributed by atoms with Gasteiger partial charge in [-0.25, -0.2) is 0 Å². The van der Waals surface area contributed by atoms with Gasteiger partial charge in [0.25, 0.3) is 0 Å². The van der Waals surface area contributed by atoms with Gasteiger partial charge in [-0.1, -0.05) is 36.8 Å². The number of likely N-dealkylation sites (tertiary alicyclic amines) is 1. The average Bonchev–Trinajstić information content (AvgIpc) is 3.30. The fourth-order valence-electron chi connectivity index (χ4n) is 5.37. The molecule has 0 aromatic heterocycles. The number of nitrogens with two attached hydrogens (primary N) is 1. The molecule has 1 heterocycles. The van der Waals surface area contributed by atoms with Gasteiger partial charge in [0.2, 0.25) is 5.91 Å². The smallest absolute Gasteiger partial charge is 0.222 e. The van der Waals surface area contributed by atoms with Crippen LogP contribution in [0.5, 0.6) is 0 Å². The van der Waals surface area contributed by atoms with Gasteiger partial charge in [0.15, 0.2) is 0 Å². The van der Waals surface area contributed by atoms with Gasteiger partial charge in [0.1, 0.15) is 0 Å². The summed E-state index contributed by atoms with van der Waals surface area (Å²) in [5, 5.41) is 0. The van der Waals surface area contributed by atoms with Crippen molar-refractivity contribution >= 4 is 5.91 Å². The van der Waals surface area contributed by atoms with E-state index in [4.69, 9.17) is 5.73 Å². The summed E-state index contributed by atoms with van der Waals surface area (Å²) in [5.74, 6) is 3.60. The van der Waals surface area contributed by atoms with E-state index in [0.717, 1.165) is 31.3 Å². The van der Waals surface area contributed by atoms with Gasteiger partial charge < -0.3 is 10.6 Å². The number of benzene rings is 1. The van der Waals surface area contributed by atoms with E-state index in [1.807, 2.05) is 6.07 Å². The summed E-state index contributed by atoms with van der Waals surface area (Å²) in [6.45, 7) is 2.36. The Balaban J connectivity index is 1.40. The van der Waals surface area contributed by atoms with Gasteiger partial charge in [-0.15, -0.1) is 0 Å². The summed E-state index contributed by atoms with van der Waals surface area (Å²) in [6.07, 6.45) is 6.23. The SMILES string of the molecule is NC[C@@H]1CN(C(=O)CC2CC3CCC2C3)C[C@H]1c1ccccc1. The molecule has 4 rings (SSSR count). The first-order valence-electron chi connectivity index (χ1n) is 9.27. The molecule has 2 N–H and O–H groups in total. The molecule has 3 aliphatic rings. The Morgan fingerprint density at radius 1 is 1.09 bits per heavy atom. The third-order valence-electron chi connectivity index (χ3n) is 6.65. The van der Waals surface area contributed by atoms with Crippen molar-refractivity contribution in [3.05, 3.63) is 35.9 Å².